The lowest BCUT2D eigenvalue weighted by Crippen LogP contribution is -2.16. The summed E-state index contributed by atoms with van der Waals surface area (Å²) in [6, 6.07) is 1.65. The van der Waals surface area contributed by atoms with Gasteiger partial charge in [0.15, 0.2) is 0 Å². The zero-order valence-corrected chi connectivity index (χ0v) is 14.6. The molecule has 1 atom stereocenters. The predicted molar refractivity (Wildman–Crippen MR) is 91.7 cm³/mol. The van der Waals surface area contributed by atoms with Crippen LogP contribution < -0.4 is 11.1 Å². The maximum Gasteiger partial charge on any atom is 0.276 e. The number of anilines is 2. The molecule has 0 aromatic carbocycles. The van der Waals surface area contributed by atoms with Crippen LogP contribution in [-0.2, 0) is 0 Å². The lowest BCUT2D eigenvalue weighted by atomic mass is 10.1. The summed E-state index contributed by atoms with van der Waals surface area (Å²) in [4.78, 5) is 20.5. The molecule has 0 radical (unpaired) electrons. The zero-order valence-electron chi connectivity index (χ0n) is 13.8. The van der Waals surface area contributed by atoms with E-state index in [0.717, 1.165) is 23.5 Å². The molecule has 0 saturated carbocycles. The fraction of sp³-hybridized carbons (Fsp3) is 0.533. The van der Waals surface area contributed by atoms with Gasteiger partial charge in [-0.05, 0) is 18.4 Å². The molecule has 2 aromatic rings. The number of nitrogens with zero attached hydrogens (tertiary/aromatic N) is 4. The van der Waals surface area contributed by atoms with Crippen LogP contribution in [0.25, 0.3) is 0 Å². The van der Waals surface area contributed by atoms with E-state index in [0.29, 0.717) is 11.0 Å². The molecular formula is C15H22N6OS. The molecule has 0 aliphatic carbocycles. The van der Waals surface area contributed by atoms with Crippen LogP contribution >= 0.6 is 11.3 Å². The summed E-state index contributed by atoms with van der Waals surface area (Å²) in [5.41, 5.74) is 6.65. The second kappa shape index (κ2) is 7.45. The Bertz CT molecular complexity index is 684. The van der Waals surface area contributed by atoms with Crippen molar-refractivity contribution in [1.29, 1.82) is 0 Å². The predicted octanol–water partition coefficient (Wildman–Crippen LogP) is 3.19. The lowest BCUT2D eigenvalue weighted by Gasteiger charge is -2.07. The van der Waals surface area contributed by atoms with Crippen LogP contribution in [0, 0.1) is 0 Å². The first-order chi connectivity index (χ1) is 10.9. The monoisotopic (exact) mass is 334 g/mol. The molecule has 7 nitrogen and oxygen atoms in total. The number of hydrogen-bond donors (Lipinski definition) is 2. The molecule has 0 fully saturated rings. The van der Waals surface area contributed by atoms with E-state index in [4.69, 9.17) is 5.73 Å². The van der Waals surface area contributed by atoms with E-state index in [2.05, 4.69) is 39.3 Å². The SMILES string of the molecule is CCCC(C)c1nnc(NC(=O)c2cc(C(C)C)nc(N)n2)s1. The van der Waals surface area contributed by atoms with Crippen molar-refractivity contribution in [2.45, 2.75) is 52.4 Å². The highest BCUT2D eigenvalue weighted by Crippen LogP contribution is 2.26. The van der Waals surface area contributed by atoms with Crippen molar-refractivity contribution in [2.75, 3.05) is 11.1 Å². The topological polar surface area (TPSA) is 107 Å². The van der Waals surface area contributed by atoms with Gasteiger partial charge in [0.1, 0.15) is 10.7 Å². The van der Waals surface area contributed by atoms with Crippen molar-refractivity contribution in [1.82, 2.24) is 20.2 Å². The van der Waals surface area contributed by atoms with E-state index >= 15 is 0 Å². The van der Waals surface area contributed by atoms with Crippen LogP contribution in [0.3, 0.4) is 0 Å². The Hall–Kier alpha value is -2.09. The smallest absolute Gasteiger partial charge is 0.276 e. The Labute approximate surface area is 139 Å². The van der Waals surface area contributed by atoms with E-state index in [-0.39, 0.29) is 23.5 Å². The average Bonchev–Trinajstić information content (AvgIpc) is 2.95. The normalized spacial score (nSPS) is 12.4. The summed E-state index contributed by atoms with van der Waals surface area (Å²) in [6.07, 6.45) is 2.13. The maximum absolute atomic E-state index is 12.3. The van der Waals surface area contributed by atoms with Gasteiger partial charge in [0.25, 0.3) is 5.91 Å². The molecule has 0 aliphatic heterocycles. The number of hydrogen-bond acceptors (Lipinski definition) is 7. The molecule has 0 aliphatic rings. The molecule has 2 heterocycles. The molecule has 0 spiro atoms. The van der Waals surface area contributed by atoms with Crippen LogP contribution in [-0.4, -0.2) is 26.1 Å². The first-order valence-electron chi connectivity index (χ1n) is 7.69. The van der Waals surface area contributed by atoms with E-state index in [1.54, 1.807) is 6.07 Å². The number of nitrogens with one attached hydrogen (secondary N) is 1. The van der Waals surface area contributed by atoms with Gasteiger partial charge in [-0.15, -0.1) is 10.2 Å². The Morgan fingerprint density at radius 1 is 1.30 bits per heavy atom. The number of carbonyl (C=O) groups is 1. The van der Waals surface area contributed by atoms with Crippen molar-refractivity contribution in [3.05, 3.63) is 22.5 Å². The zero-order chi connectivity index (χ0) is 17.0. The molecule has 1 amide bonds. The van der Waals surface area contributed by atoms with Crippen molar-refractivity contribution >= 4 is 28.3 Å². The summed E-state index contributed by atoms with van der Waals surface area (Å²) in [5, 5.41) is 12.3. The summed E-state index contributed by atoms with van der Waals surface area (Å²) < 4.78 is 0. The van der Waals surface area contributed by atoms with Gasteiger partial charge < -0.3 is 5.73 Å². The quantitative estimate of drug-likeness (QED) is 0.840. The molecule has 23 heavy (non-hydrogen) atoms. The van der Waals surface area contributed by atoms with Gasteiger partial charge in [-0.2, -0.15) is 0 Å². The molecule has 1 unspecified atom stereocenters. The van der Waals surface area contributed by atoms with Crippen LogP contribution in [0.15, 0.2) is 6.07 Å². The first kappa shape index (κ1) is 17.3. The number of rotatable bonds is 6. The second-order valence-corrected chi connectivity index (χ2v) is 6.79. The van der Waals surface area contributed by atoms with Crippen molar-refractivity contribution in [3.63, 3.8) is 0 Å². The number of aromatic nitrogens is 4. The van der Waals surface area contributed by atoms with Crippen LogP contribution in [0.1, 0.15) is 73.6 Å². The van der Waals surface area contributed by atoms with Crippen molar-refractivity contribution in [2.24, 2.45) is 0 Å². The van der Waals surface area contributed by atoms with E-state index < -0.39 is 0 Å². The average molecular weight is 334 g/mol. The van der Waals surface area contributed by atoms with E-state index in [9.17, 15) is 4.79 Å². The Balaban J connectivity index is 2.13. The number of nitrogen functional groups attached to an aromatic ring is 1. The van der Waals surface area contributed by atoms with Gasteiger partial charge in [-0.1, -0.05) is 45.5 Å². The molecule has 0 bridgehead atoms. The standard InChI is InChI=1S/C15H22N6OS/c1-5-6-9(4)13-20-21-15(23-13)19-12(22)11-7-10(8(2)3)17-14(16)18-11/h7-9H,5-6H2,1-4H3,(H2,16,17,18)(H,19,21,22). The van der Waals surface area contributed by atoms with E-state index in [1.807, 2.05) is 13.8 Å². The van der Waals surface area contributed by atoms with Crippen molar-refractivity contribution < 1.29 is 4.79 Å². The number of nitrogens with two attached hydrogens (primary N) is 1. The molecular weight excluding hydrogens is 312 g/mol. The minimum absolute atomic E-state index is 0.0934. The summed E-state index contributed by atoms with van der Waals surface area (Å²) in [5.74, 6) is 0.239. The van der Waals surface area contributed by atoms with Gasteiger partial charge in [0, 0.05) is 11.6 Å². The largest absolute Gasteiger partial charge is 0.368 e. The number of carbonyl (C=O) groups excluding carboxylic acids is 1. The molecule has 3 N–H and O–H groups in total. The van der Waals surface area contributed by atoms with Crippen LogP contribution in [0.4, 0.5) is 11.1 Å². The highest BCUT2D eigenvalue weighted by Gasteiger charge is 2.16. The summed E-state index contributed by atoms with van der Waals surface area (Å²) in [7, 11) is 0. The molecule has 2 rings (SSSR count). The summed E-state index contributed by atoms with van der Waals surface area (Å²) >= 11 is 1.39. The van der Waals surface area contributed by atoms with Gasteiger partial charge in [0.2, 0.25) is 11.1 Å². The van der Waals surface area contributed by atoms with Gasteiger partial charge in [-0.3, -0.25) is 10.1 Å². The highest BCUT2D eigenvalue weighted by molar-refractivity contribution is 7.15. The molecule has 124 valence electrons. The minimum Gasteiger partial charge on any atom is -0.368 e. The highest BCUT2D eigenvalue weighted by atomic mass is 32.1. The third kappa shape index (κ3) is 4.44. The Morgan fingerprint density at radius 3 is 2.70 bits per heavy atom. The van der Waals surface area contributed by atoms with Gasteiger partial charge in [-0.25, -0.2) is 9.97 Å². The summed E-state index contributed by atoms with van der Waals surface area (Å²) in [6.45, 7) is 8.20. The third-order valence-corrected chi connectivity index (χ3v) is 4.46. The van der Waals surface area contributed by atoms with Crippen LogP contribution in [0.2, 0.25) is 0 Å². The fourth-order valence-electron chi connectivity index (χ4n) is 2.10. The Morgan fingerprint density at radius 2 is 2.04 bits per heavy atom. The molecule has 2 aromatic heterocycles. The van der Waals surface area contributed by atoms with Crippen molar-refractivity contribution in [3.8, 4) is 0 Å². The van der Waals surface area contributed by atoms with Gasteiger partial charge >= 0.3 is 0 Å². The molecule has 0 saturated heterocycles. The van der Waals surface area contributed by atoms with E-state index in [1.165, 1.54) is 11.3 Å². The maximum atomic E-state index is 12.3. The lowest BCUT2D eigenvalue weighted by molar-refractivity contribution is 0.102. The third-order valence-electron chi connectivity index (χ3n) is 3.39. The van der Waals surface area contributed by atoms with Gasteiger partial charge in [0.05, 0.1) is 0 Å². The molecule has 8 heteroatoms. The Kier molecular flexibility index (Phi) is 5.59. The van der Waals surface area contributed by atoms with Crippen LogP contribution in [0.5, 0.6) is 0 Å². The second-order valence-electron chi connectivity index (χ2n) is 5.78. The number of amides is 1. The fourth-order valence-corrected chi connectivity index (χ4v) is 2.92. The minimum atomic E-state index is -0.355. The first-order valence-corrected chi connectivity index (χ1v) is 8.51.